The van der Waals surface area contributed by atoms with Gasteiger partial charge < -0.3 is 0 Å². The average Bonchev–Trinajstić information content (AvgIpc) is 3.10. The number of pyridine rings is 1. The minimum Gasteiger partial charge on any atom is -0.277 e. The van der Waals surface area contributed by atoms with Gasteiger partial charge in [0.15, 0.2) is 0 Å². The van der Waals surface area contributed by atoms with E-state index in [1.54, 1.807) is 6.20 Å². The van der Waals surface area contributed by atoms with Crippen LogP contribution in [0.1, 0.15) is 25.0 Å². The Labute approximate surface area is 132 Å². The molecule has 0 saturated heterocycles. The third kappa shape index (κ3) is 2.29. The molecule has 1 aliphatic rings. The molecule has 21 heavy (non-hydrogen) atoms. The zero-order chi connectivity index (χ0) is 14.8. The highest BCUT2D eigenvalue weighted by Crippen LogP contribution is 2.42. The lowest BCUT2D eigenvalue weighted by Crippen LogP contribution is -1.88. The molecular formula is C17H16BrN3. The van der Waals surface area contributed by atoms with E-state index in [1.165, 1.54) is 16.7 Å². The monoisotopic (exact) mass is 341 g/mol. The molecule has 0 fully saturated rings. The van der Waals surface area contributed by atoms with Gasteiger partial charge in [0.05, 0.1) is 11.4 Å². The number of benzene rings is 1. The Morgan fingerprint density at radius 3 is 2.71 bits per heavy atom. The second kappa shape index (κ2) is 5.82. The fourth-order valence-electron chi connectivity index (χ4n) is 2.65. The number of nitrogens with zero attached hydrogens (tertiary/aromatic N) is 2. The van der Waals surface area contributed by atoms with Gasteiger partial charge in [-0.05, 0) is 23.8 Å². The average molecular weight is 342 g/mol. The number of hydrogen-bond donors (Lipinski definition) is 1. The van der Waals surface area contributed by atoms with Crippen molar-refractivity contribution in [2.75, 3.05) is 0 Å². The van der Waals surface area contributed by atoms with Crippen molar-refractivity contribution in [3.63, 3.8) is 0 Å². The molecule has 1 aromatic carbocycles. The van der Waals surface area contributed by atoms with E-state index >= 15 is 0 Å². The van der Waals surface area contributed by atoms with Gasteiger partial charge in [-0.25, -0.2) is 0 Å². The second-order valence-corrected chi connectivity index (χ2v) is 5.46. The number of hydrogen-bond acceptors (Lipinski definition) is 2. The van der Waals surface area contributed by atoms with Crippen molar-refractivity contribution in [1.29, 1.82) is 0 Å². The molecule has 4 heteroatoms. The Bertz CT molecular complexity index is 763. The Kier molecular flexibility index (Phi) is 3.88. The van der Waals surface area contributed by atoms with E-state index in [0.29, 0.717) is 0 Å². The van der Waals surface area contributed by atoms with Gasteiger partial charge in [-0.1, -0.05) is 41.9 Å². The normalized spacial score (nSPS) is 11.4. The molecule has 4 rings (SSSR count). The third-order valence-corrected chi connectivity index (χ3v) is 4.29. The molecule has 0 atom stereocenters. The Morgan fingerprint density at radius 2 is 1.95 bits per heavy atom. The maximum atomic E-state index is 4.46. The van der Waals surface area contributed by atoms with Crippen LogP contribution in [0.25, 0.3) is 22.5 Å². The molecule has 1 N–H and O–H groups in total. The molecule has 2 heterocycles. The van der Waals surface area contributed by atoms with Crippen LogP contribution in [-0.2, 0) is 6.42 Å². The highest BCUT2D eigenvalue weighted by molar-refractivity contribution is 9.10. The van der Waals surface area contributed by atoms with Crippen molar-refractivity contribution >= 4 is 15.9 Å². The maximum Gasteiger partial charge on any atom is 0.0978 e. The molecule has 3 aromatic rings. The van der Waals surface area contributed by atoms with E-state index in [9.17, 15) is 0 Å². The van der Waals surface area contributed by atoms with Crippen molar-refractivity contribution in [2.45, 2.75) is 20.3 Å². The predicted octanol–water partition coefficient (Wildman–Crippen LogP) is 4.83. The molecule has 0 amide bonds. The van der Waals surface area contributed by atoms with Crippen LogP contribution < -0.4 is 0 Å². The van der Waals surface area contributed by atoms with E-state index < -0.39 is 0 Å². The van der Waals surface area contributed by atoms with E-state index in [2.05, 4.69) is 49.3 Å². The van der Waals surface area contributed by atoms with Crippen LogP contribution in [-0.4, -0.2) is 15.2 Å². The van der Waals surface area contributed by atoms with Crippen LogP contribution in [0.15, 0.2) is 47.2 Å². The summed E-state index contributed by atoms with van der Waals surface area (Å²) in [6.45, 7) is 4.00. The summed E-state index contributed by atoms with van der Waals surface area (Å²) in [4.78, 5) is 4.17. The van der Waals surface area contributed by atoms with Gasteiger partial charge >= 0.3 is 0 Å². The highest BCUT2D eigenvalue weighted by atomic mass is 79.9. The Balaban J connectivity index is 0.000000636. The zero-order valence-electron chi connectivity index (χ0n) is 12.0. The third-order valence-electron chi connectivity index (χ3n) is 3.54. The second-order valence-electron chi connectivity index (χ2n) is 4.61. The van der Waals surface area contributed by atoms with Crippen LogP contribution in [0.5, 0.6) is 0 Å². The first-order chi connectivity index (χ1) is 10.3. The number of H-pyrrole nitrogens is 1. The summed E-state index contributed by atoms with van der Waals surface area (Å²) in [6.07, 6.45) is 4.54. The molecule has 2 aromatic heterocycles. The number of aromatic nitrogens is 3. The van der Waals surface area contributed by atoms with Crippen molar-refractivity contribution in [3.8, 4) is 22.5 Å². The summed E-state index contributed by atoms with van der Waals surface area (Å²) in [5, 5.41) is 7.63. The molecule has 0 radical (unpaired) electrons. The topological polar surface area (TPSA) is 41.6 Å². The lowest BCUT2D eigenvalue weighted by Gasteiger charge is -2.02. The van der Waals surface area contributed by atoms with Crippen LogP contribution in [0.3, 0.4) is 0 Å². The Morgan fingerprint density at radius 1 is 1.10 bits per heavy atom. The van der Waals surface area contributed by atoms with E-state index in [1.807, 2.05) is 32.2 Å². The lowest BCUT2D eigenvalue weighted by molar-refractivity contribution is 1.09. The van der Waals surface area contributed by atoms with Gasteiger partial charge in [0.1, 0.15) is 0 Å². The summed E-state index contributed by atoms with van der Waals surface area (Å²) in [7, 11) is 0. The smallest absolute Gasteiger partial charge is 0.0978 e. The van der Waals surface area contributed by atoms with Crippen molar-refractivity contribution < 1.29 is 0 Å². The van der Waals surface area contributed by atoms with Gasteiger partial charge in [-0.15, -0.1) is 0 Å². The molecular weight excluding hydrogens is 326 g/mol. The van der Waals surface area contributed by atoms with Gasteiger partial charge in [0.2, 0.25) is 0 Å². The first-order valence-electron chi connectivity index (χ1n) is 7.10. The molecule has 0 saturated carbocycles. The van der Waals surface area contributed by atoms with Crippen molar-refractivity contribution in [1.82, 2.24) is 15.2 Å². The minimum atomic E-state index is 0.910. The number of fused-ring (bicyclic) bond motifs is 3. The first kappa shape index (κ1) is 14.0. The molecule has 0 unspecified atom stereocenters. The molecule has 0 bridgehead atoms. The SMILES string of the molecule is Brc1cccc2c1Cc1c(-c3cccnc3)n[nH]c1-2.CC. The molecule has 0 spiro atoms. The van der Waals surface area contributed by atoms with Gasteiger partial charge in [0.25, 0.3) is 0 Å². The standard InChI is InChI=1S/C15H10BrN3.C2H6/c16-13-5-1-4-10-11(13)7-12-14(18-19-15(10)12)9-3-2-6-17-8-9;1-2/h1-6,8H,7H2,(H,18,19);1-2H3. The van der Waals surface area contributed by atoms with Gasteiger partial charge in [-0.2, -0.15) is 5.10 Å². The molecule has 1 aliphatic carbocycles. The summed E-state index contributed by atoms with van der Waals surface area (Å²) in [5.41, 5.74) is 7.03. The fourth-order valence-corrected chi connectivity index (χ4v) is 3.16. The van der Waals surface area contributed by atoms with Crippen molar-refractivity contribution in [2.24, 2.45) is 0 Å². The number of nitrogens with one attached hydrogen (secondary N) is 1. The largest absolute Gasteiger partial charge is 0.277 e. The number of halogens is 1. The summed E-state index contributed by atoms with van der Waals surface area (Å²) in [5.74, 6) is 0. The first-order valence-corrected chi connectivity index (χ1v) is 7.89. The summed E-state index contributed by atoms with van der Waals surface area (Å²) < 4.78 is 1.16. The van der Waals surface area contributed by atoms with Gasteiger partial charge in [0, 0.05) is 40.0 Å². The Hall–Kier alpha value is -1.94. The zero-order valence-corrected chi connectivity index (χ0v) is 13.6. The van der Waals surface area contributed by atoms with E-state index in [4.69, 9.17) is 0 Å². The summed E-state index contributed by atoms with van der Waals surface area (Å²) in [6, 6.07) is 10.3. The molecule has 3 nitrogen and oxygen atoms in total. The number of aromatic amines is 1. The summed E-state index contributed by atoms with van der Waals surface area (Å²) >= 11 is 3.63. The van der Waals surface area contributed by atoms with Crippen LogP contribution in [0.4, 0.5) is 0 Å². The predicted molar refractivity (Wildman–Crippen MR) is 89.1 cm³/mol. The lowest BCUT2D eigenvalue weighted by atomic mass is 10.1. The molecule has 0 aliphatic heterocycles. The van der Waals surface area contributed by atoms with Crippen LogP contribution in [0.2, 0.25) is 0 Å². The maximum absolute atomic E-state index is 4.46. The van der Waals surface area contributed by atoms with Crippen molar-refractivity contribution in [3.05, 3.63) is 58.3 Å². The minimum absolute atomic E-state index is 0.910. The quantitative estimate of drug-likeness (QED) is 0.538. The van der Waals surface area contributed by atoms with E-state index in [-0.39, 0.29) is 0 Å². The molecule has 106 valence electrons. The van der Waals surface area contributed by atoms with Crippen LogP contribution >= 0.6 is 15.9 Å². The van der Waals surface area contributed by atoms with Crippen LogP contribution in [0, 0.1) is 0 Å². The number of rotatable bonds is 1. The fraction of sp³-hybridized carbons (Fsp3) is 0.176. The highest BCUT2D eigenvalue weighted by Gasteiger charge is 2.26. The van der Waals surface area contributed by atoms with E-state index in [0.717, 1.165) is 27.8 Å². The van der Waals surface area contributed by atoms with Gasteiger partial charge in [-0.3, -0.25) is 10.1 Å².